The SMILES string of the molecule is COc1c(N)c(F)c(F)c2[nH]c(=O)n(-c3ccc(Br)cc3F)c12. The number of rotatable bonds is 2. The van der Waals surface area contributed by atoms with E-state index in [1.165, 1.54) is 19.2 Å². The van der Waals surface area contributed by atoms with E-state index < -0.39 is 34.3 Å². The molecular formula is C14H9BrF3N3O2. The average molecular weight is 388 g/mol. The number of halogens is 4. The molecule has 5 nitrogen and oxygen atoms in total. The van der Waals surface area contributed by atoms with Crippen molar-refractivity contribution in [3.63, 3.8) is 0 Å². The molecule has 0 spiro atoms. The van der Waals surface area contributed by atoms with Crippen molar-refractivity contribution >= 4 is 32.7 Å². The third-order valence-electron chi connectivity index (χ3n) is 3.36. The van der Waals surface area contributed by atoms with E-state index in [9.17, 15) is 18.0 Å². The van der Waals surface area contributed by atoms with E-state index in [0.717, 1.165) is 10.6 Å². The summed E-state index contributed by atoms with van der Waals surface area (Å²) >= 11 is 3.10. The van der Waals surface area contributed by atoms with Crippen LogP contribution in [0.4, 0.5) is 18.9 Å². The topological polar surface area (TPSA) is 73.0 Å². The number of H-pyrrole nitrogens is 1. The molecule has 23 heavy (non-hydrogen) atoms. The second-order valence-electron chi connectivity index (χ2n) is 4.66. The fourth-order valence-electron chi connectivity index (χ4n) is 2.36. The summed E-state index contributed by atoms with van der Waals surface area (Å²) in [6, 6.07) is 3.95. The molecule has 0 aliphatic carbocycles. The molecule has 3 N–H and O–H groups in total. The fourth-order valence-corrected chi connectivity index (χ4v) is 2.70. The van der Waals surface area contributed by atoms with Crippen LogP contribution in [0.2, 0.25) is 0 Å². The number of benzene rings is 2. The van der Waals surface area contributed by atoms with Crippen molar-refractivity contribution in [1.82, 2.24) is 9.55 Å². The average Bonchev–Trinajstić information content (AvgIpc) is 2.83. The van der Waals surface area contributed by atoms with Gasteiger partial charge in [-0.3, -0.25) is 4.57 Å². The number of aromatic nitrogens is 2. The van der Waals surface area contributed by atoms with E-state index in [1.807, 2.05) is 0 Å². The number of nitrogens with one attached hydrogen (secondary N) is 1. The molecule has 0 saturated heterocycles. The van der Waals surface area contributed by atoms with Crippen LogP contribution < -0.4 is 16.2 Å². The number of ether oxygens (including phenoxy) is 1. The van der Waals surface area contributed by atoms with Gasteiger partial charge in [-0.05, 0) is 18.2 Å². The van der Waals surface area contributed by atoms with Crippen LogP contribution in [-0.2, 0) is 0 Å². The molecule has 2 aromatic carbocycles. The Bertz CT molecular complexity index is 997. The number of hydrogen-bond acceptors (Lipinski definition) is 3. The van der Waals surface area contributed by atoms with Crippen LogP contribution in [-0.4, -0.2) is 16.7 Å². The van der Waals surface area contributed by atoms with Gasteiger partial charge in [0.15, 0.2) is 17.4 Å². The van der Waals surface area contributed by atoms with Crippen molar-refractivity contribution in [1.29, 1.82) is 0 Å². The molecule has 0 amide bonds. The van der Waals surface area contributed by atoms with Crippen molar-refractivity contribution in [3.8, 4) is 11.4 Å². The Balaban J connectivity index is 2.52. The minimum atomic E-state index is -1.35. The number of anilines is 1. The normalized spacial score (nSPS) is 11.2. The summed E-state index contributed by atoms with van der Waals surface area (Å²) in [7, 11) is 1.18. The molecule has 0 atom stereocenters. The molecule has 9 heteroatoms. The molecule has 3 rings (SSSR count). The fraction of sp³-hybridized carbons (Fsp3) is 0.0714. The lowest BCUT2D eigenvalue weighted by Gasteiger charge is -2.11. The van der Waals surface area contributed by atoms with Crippen molar-refractivity contribution in [2.45, 2.75) is 0 Å². The molecule has 1 aromatic heterocycles. The summed E-state index contributed by atoms with van der Waals surface area (Å²) in [5.74, 6) is -3.70. The highest BCUT2D eigenvalue weighted by Crippen LogP contribution is 2.36. The Morgan fingerprint density at radius 2 is 1.96 bits per heavy atom. The summed E-state index contributed by atoms with van der Waals surface area (Å²) in [6.07, 6.45) is 0. The van der Waals surface area contributed by atoms with Crippen LogP contribution in [0.1, 0.15) is 0 Å². The molecule has 0 unspecified atom stereocenters. The predicted molar refractivity (Wildman–Crippen MR) is 82.4 cm³/mol. The van der Waals surface area contributed by atoms with Gasteiger partial charge in [-0.25, -0.2) is 18.0 Å². The van der Waals surface area contributed by atoms with Gasteiger partial charge >= 0.3 is 5.69 Å². The van der Waals surface area contributed by atoms with Crippen LogP contribution >= 0.6 is 15.9 Å². The van der Waals surface area contributed by atoms with Gasteiger partial charge in [-0.2, -0.15) is 0 Å². The van der Waals surface area contributed by atoms with Gasteiger partial charge in [0.05, 0.1) is 12.8 Å². The van der Waals surface area contributed by atoms with Crippen molar-refractivity contribution < 1.29 is 17.9 Å². The van der Waals surface area contributed by atoms with E-state index in [2.05, 4.69) is 20.9 Å². The third-order valence-corrected chi connectivity index (χ3v) is 3.85. The number of aromatic amines is 1. The second-order valence-corrected chi connectivity index (χ2v) is 5.58. The van der Waals surface area contributed by atoms with Crippen LogP contribution in [0.15, 0.2) is 27.5 Å². The van der Waals surface area contributed by atoms with E-state index in [-0.39, 0.29) is 17.0 Å². The smallest absolute Gasteiger partial charge is 0.331 e. The lowest BCUT2D eigenvalue weighted by atomic mass is 10.2. The maximum Gasteiger partial charge on any atom is 0.331 e. The molecule has 0 saturated carbocycles. The Morgan fingerprint density at radius 1 is 1.26 bits per heavy atom. The summed E-state index contributed by atoms with van der Waals surface area (Å²) < 4.78 is 48.3. The molecule has 0 bridgehead atoms. The standard InChI is InChI=1S/C14H9BrF3N3O2/c1-23-13-10(19)8(17)9(18)11-12(13)21(14(22)20-11)7-3-2-5(15)4-6(7)16/h2-4H,19H2,1H3,(H,20,22). The predicted octanol–water partition coefficient (Wildman–Crippen LogP) is 3.09. The van der Waals surface area contributed by atoms with E-state index in [1.54, 1.807) is 0 Å². The zero-order chi connectivity index (χ0) is 16.9. The summed E-state index contributed by atoms with van der Waals surface area (Å²) in [5.41, 5.74) is 3.24. The first kappa shape index (κ1) is 15.5. The monoisotopic (exact) mass is 387 g/mol. The summed E-state index contributed by atoms with van der Waals surface area (Å²) in [5, 5.41) is 0. The molecule has 0 fully saturated rings. The maximum atomic E-state index is 14.2. The first-order chi connectivity index (χ1) is 10.9. The number of nitrogens with two attached hydrogens (primary N) is 1. The van der Waals surface area contributed by atoms with Gasteiger partial charge in [-0.15, -0.1) is 0 Å². The van der Waals surface area contributed by atoms with Crippen molar-refractivity contribution in [3.05, 3.63) is 50.6 Å². The van der Waals surface area contributed by atoms with Gasteiger partial charge in [0, 0.05) is 4.47 Å². The van der Waals surface area contributed by atoms with E-state index >= 15 is 0 Å². The third kappa shape index (κ3) is 2.19. The first-order valence-corrected chi connectivity index (χ1v) is 7.06. The largest absolute Gasteiger partial charge is 0.492 e. The quantitative estimate of drug-likeness (QED) is 0.663. The second kappa shape index (κ2) is 5.34. The molecule has 1 heterocycles. The zero-order valence-electron chi connectivity index (χ0n) is 11.6. The Kier molecular flexibility index (Phi) is 3.59. The number of imidazole rings is 1. The van der Waals surface area contributed by atoms with Gasteiger partial charge in [0.2, 0.25) is 0 Å². The van der Waals surface area contributed by atoms with Gasteiger partial charge < -0.3 is 15.5 Å². The number of methoxy groups -OCH3 is 1. The Morgan fingerprint density at radius 3 is 2.57 bits per heavy atom. The van der Waals surface area contributed by atoms with E-state index in [4.69, 9.17) is 10.5 Å². The number of fused-ring (bicyclic) bond motifs is 1. The number of hydrogen-bond donors (Lipinski definition) is 2. The van der Waals surface area contributed by atoms with Crippen molar-refractivity contribution in [2.75, 3.05) is 12.8 Å². The lowest BCUT2D eigenvalue weighted by Crippen LogP contribution is -2.16. The summed E-state index contributed by atoms with van der Waals surface area (Å²) in [6.45, 7) is 0. The van der Waals surface area contributed by atoms with Crippen LogP contribution in [0.3, 0.4) is 0 Å². The van der Waals surface area contributed by atoms with Crippen molar-refractivity contribution in [2.24, 2.45) is 0 Å². The van der Waals surface area contributed by atoms with Crippen LogP contribution in [0.5, 0.6) is 5.75 Å². The molecule has 120 valence electrons. The highest BCUT2D eigenvalue weighted by Gasteiger charge is 2.25. The Labute approximate surface area is 135 Å². The van der Waals surface area contributed by atoms with Gasteiger partial charge in [0.25, 0.3) is 0 Å². The molecule has 0 aliphatic heterocycles. The van der Waals surface area contributed by atoms with Crippen LogP contribution in [0.25, 0.3) is 16.7 Å². The number of nitrogen functional groups attached to an aromatic ring is 1. The van der Waals surface area contributed by atoms with Gasteiger partial charge in [0.1, 0.15) is 22.5 Å². The van der Waals surface area contributed by atoms with Gasteiger partial charge in [-0.1, -0.05) is 15.9 Å². The molecule has 0 radical (unpaired) electrons. The molecular weight excluding hydrogens is 379 g/mol. The zero-order valence-corrected chi connectivity index (χ0v) is 13.2. The minimum absolute atomic E-state index is 0.159. The van der Waals surface area contributed by atoms with E-state index in [0.29, 0.717) is 4.47 Å². The highest BCUT2D eigenvalue weighted by atomic mass is 79.9. The molecule has 0 aliphatic rings. The molecule has 3 aromatic rings. The lowest BCUT2D eigenvalue weighted by molar-refractivity contribution is 0.414. The number of nitrogens with zero attached hydrogens (tertiary/aromatic N) is 1. The Hall–Kier alpha value is -2.42. The first-order valence-electron chi connectivity index (χ1n) is 6.27. The maximum absolute atomic E-state index is 14.2. The summed E-state index contributed by atoms with van der Waals surface area (Å²) in [4.78, 5) is 14.3. The minimum Gasteiger partial charge on any atom is -0.492 e. The highest BCUT2D eigenvalue weighted by molar-refractivity contribution is 9.10. The van der Waals surface area contributed by atoms with Crippen LogP contribution in [0, 0.1) is 17.5 Å².